The molecule has 0 saturated carbocycles. The van der Waals surface area contributed by atoms with Gasteiger partial charge in [-0.25, -0.2) is 0 Å². The van der Waals surface area contributed by atoms with Gasteiger partial charge in [-0.3, -0.25) is 0 Å². The molecule has 0 aromatic rings. The normalized spacial score (nSPS) is 37.0. The second kappa shape index (κ2) is 1.59. The number of hydrogen-bond donors (Lipinski definition) is 0. The van der Waals surface area contributed by atoms with E-state index in [1.54, 1.807) is 0 Å². The van der Waals surface area contributed by atoms with Crippen molar-refractivity contribution in [3.05, 3.63) is 12.5 Å². The molecule has 1 fully saturated rings. The lowest BCUT2D eigenvalue weighted by atomic mass is 10.3. The maximum Gasteiger partial charge on any atom is 0.473 e. The van der Waals surface area contributed by atoms with Gasteiger partial charge in [0, 0.05) is 6.92 Å². The molecule has 0 aromatic heterocycles. The highest BCUT2D eigenvalue weighted by atomic mass is 19.3. The highest BCUT2D eigenvalue weighted by molar-refractivity contribution is 4.89. The Hall–Kier alpha value is -0.870. The summed E-state index contributed by atoms with van der Waals surface area (Å²) in [5.41, 5.74) is 0. The molecule has 0 aromatic carbocycles. The van der Waals surface area contributed by atoms with Crippen LogP contribution in [0.5, 0.6) is 0 Å². The van der Waals surface area contributed by atoms with Crippen LogP contribution in [0.25, 0.3) is 0 Å². The highest BCUT2D eigenvalue weighted by Gasteiger charge is 2.62. The van der Waals surface area contributed by atoms with Crippen LogP contribution in [0.3, 0.4) is 0 Å². The molecule has 0 aliphatic carbocycles. The van der Waals surface area contributed by atoms with Gasteiger partial charge in [0.05, 0.1) is 0 Å². The first-order valence-electron chi connectivity index (χ1n) is 2.49. The van der Waals surface area contributed by atoms with Gasteiger partial charge < -0.3 is 9.47 Å². The van der Waals surface area contributed by atoms with Gasteiger partial charge in [-0.05, 0) is 6.58 Å². The summed E-state index contributed by atoms with van der Waals surface area (Å²) in [5.74, 6) is -3.79. The Balaban J connectivity index is 2.88. The molecular formula is C5H5F3O2. The number of halogens is 3. The lowest BCUT2D eigenvalue weighted by Crippen LogP contribution is -2.37. The fourth-order valence-electron chi connectivity index (χ4n) is 0.528. The Labute approximate surface area is 55.2 Å². The lowest BCUT2D eigenvalue weighted by Gasteiger charge is -2.15. The van der Waals surface area contributed by atoms with Gasteiger partial charge in [-0.2, -0.15) is 13.2 Å². The van der Waals surface area contributed by atoms with Gasteiger partial charge in [-0.15, -0.1) is 0 Å². The van der Waals surface area contributed by atoms with Crippen molar-refractivity contribution < 1.29 is 22.6 Å². The average molecular weight is 154 g/mol. The molecule has 1 aliphatic rings. The van der Waals surface area contributed by atoms with Crippen LogP contribution < -0.4 is 0 Å². The molecule has 0 N–H and O–H groups in total. The lowest BCUT2D eigenvalue weighted by molar-refractivity contribution is -0.280. The van der Waals surface area contributed by atoms with Crippen molar-refractivity contribution >= 4 is 0 Å². The van der Waals surface area contributed by atoms with Crippen molar-refractivity contribution in [2.75, 3.05) is 0 Å². The third kappa shape index (κ3) is 0.815. The molecule has 0 amide bonds. The van der Waals surface area contributed by atoms with Crippen LogP contribution in [0.15, 0.2) is 12.5 Å². The summed E-state index contributed by atoms with van der Waals surface area (Å²) in [4.78, 5) is 0. The molecular weight excluding hydrogens is 149 g/mol. The van der Waals surface area contributed by atoms with Gasteiger partial charge in [-0.1, -0.05) is 0 Å². The van der Waals surface area contributed by atoms with Crippen LogP contribution in [-0.2, 0) is 9.47 Å². The number of alkyl halides is 3. The fraction of sp³-hybridized carbons (Fsp3) is 0.600. The largest absolute Gasteiger partial charge is 0.473 e. The highest BCUT2D eigenvalue weighted by Crippen LogP contribution is 2.43. The number of rotatable bonds is 0. The van der Waals surface area contributed by atoms with E-state index in [1.165, 1.54) is 0 Å². The summed E-state index contributed by atoms with van der Waals surface area (Å²) in [5, 5.41) is 0. The summed E-state index contributed by atoms with van der Waals surface area (Å²) >= 11 is 0. The topological polar surface area (TPSA) is 18.5 Å². The van der Waals surface area contributed by atoms with Crippen molar-refractivity contribution in [2.24, 2.45) is 0 Å². The fourth-order valence-corrected chi connectivity index (χ4v) is 0.528. The monoisotopic (exact) mass is 154 g/mol. The van der Waals surface area contributed by atoms with Crippen LogP contribution in [0.1, 0.15) is 6.92 Å². The smallest absolute Gasteiger partial charge is 0.419 e. The van der Waals surface area contributed by atoms with E-state index < -0.39 is 17.9 Å². The molecule has 5 heteroatoms. The molecule has 1 heterocycles. The molecule has 1 aliphatic heterocycles. The third-order valence-electron chi connectivity index (χ3n) is 1.07. The maximum absolute atomic E-state index is 12.5. The first-order valence-corrected chi connectivity index (χ1v) is 2.49. The Kier molecular flexibility index (Phi) is 1.15. The number of ether oxygens (including phenoxy) is 2. The molecule has 1 unspecified atom stereocenters. The molecule has 58 valence electrons. The Morgan fingerprint density at radius 3 is 1.90 bits per heavy atom. The molecule has 1 rings (SSSR count). The first kappa shape index (κ1) is 7.24. The zero-order valence-electron chi connectivity index (χ0n) is 5.16. The zero-order valence-corrected chi connectivity index (χ0v) is 5.16. The molecule has 0 radical (unpaired) electrons. The Bertz CT molecular complexity index is 158. The van der Waals surface area contributed by atoms with Crippen LogP contribution in [0, 0.1) is 0 Å². The van der Waals surface area contributed by atoms with Gasteiger partial charge in [0.2, 0.25) is 0 Å². The van der Waals surface area contributed by atoms with Gasteiger partial charge in [0.25, 0.3) is 5.95 Å². The summed E-state index contributed by atoms with van der Waals surface area (Å²) in [6, 6.07) is 0. The average Bonchev–Trinajstić information content (AvgIpc) is 1.73. The van der Waals surface area contributed by atoms with E-state index >= 15 is 0 Å². The molecule has 0 bridgehead atoms. The minimum absolute atomic E-state index is 0.575. The zero-order chi connectivity index (χ0) is 7.99. The SMILES string of the molecule is C=C1OC(C)(F)C(F)(F)O1. The standard InChI is InChI=1S/C5H5F3O2/c1-3-9-4(2,6)5(7,8)10-3/h1H2,2H3. The Morgan fingerprint density at radius 2 is 1.80 bits per heavy atom. The van der Waals surface area contributed by atoms with Gasteiger partial charge in [0.1, 0.15) is 0 Å². The second-order valence-corrected chi connectivity index (χ2v) is 2.01. The maximum atomic E-state index is 12.5. The third-order valence-corrected chi connectivity index (χ3v) is 1.07. The van der Waals surface area contributed by atoms with E-state index in [1.807, 2.05) is 0 Å². The van der Waals surface area contributed by atoms with Crippen LogP contribution in [-0.4, -0.2) is 12.0 Å². The number of hydrogen-bond acceptors (Lipinski definition) is 2. The predicted octanol–water partition coefficient (Wildman–Crippen LogP) is 1.78. The molecule has 10 heavy (non-hydrogen) atoms. The molecule has 1 saturated heterocycles. The summed E-state index contributed by atoms with van der Waals surface area (Å²) in [7, 11) is 0. The minimum atomic E-state index is -3.93. The van der Waals surface area contributed by atoms with Crippen molar-refractivity contribution in [3.8, 4) is 0 Å². The van der Waals surface area contributed by atoms with E-state index in [2.05, 4.69) is 16.1 Å². The second-order valence-electron chi connectivity index (χ2n) is 2.01. The van der Waals surface area contributed by atoms with E-state index in [-0.39, 0.29) is 0 Å². The van der Waals surface area contributed by atoms with Crippen molar-refractivity contribution in [1.29, 1.82) is 0 Å². The van der Waals surface area contributed by atoms with E-state index in [9.17, 15) is 13.2 Å². The van der Waals surface area contributed by atoms with E-state index in [4.69, 9.17) is 0 Å². The van der Waals surface area contributed by atoms with Crippen LogP contribution in [0.4, 0.5) is 13.2 Å². The van der Waals surface area contributed by atoms with Gasteiger partial charge in [0.15, 0.2) is 0 Å². The van der Waals surface area contributed by atoms with Gasteiger partial charge >= 0.3 is 12.0 Å². The van der Waals surface area contributed by atoms with Crippen molar-refractivity contribution in [2.45, 2.75) is 18.9 Å². The molecule has 1 atom stereocenters. The minimum Gasteiger partial charge on any atom is -0.419 e. The van der Waals surface area contributed by atoms with E-state index in [0.717, 1.165) is 0 Å². The Morgan fingerprint density at radius 1 is 1.30 bits per heavy atom. The predicted molar refractivity (Wildman–Crippen MR) is 25.8 cm³/mol. The quantitative estimate of drug-likeness (QED) is 0.529. The van der Waals surface area contributed by atoms with Crippen LogP contribution >= 0.6 is 0 Å². The summed E-state index contributed by atoms with van der Waals surface area (Å²) in [6.07, 6.45) is -3.93. The van der Waals surface area contributed by atoms with E-state index in [0.29, 0.717) is 6.92 Å². The molecule has 2 nitrogen and oxygen atoms in total. The summed E-state index contributed by atoms with van der Waals surface area (Å²) in [6.45, 7) is 3.46. The van der Waals surface area contributed by atoms with Crippen molar-refractivity contribution in [1.82, 2.24) is 0 Å². The van der Waals surface area contributed by atoms with Crippen LogP contribution in [0.2, 0.25) is 0 Å². The summed E-state index contributed by atoms with van der Waals surface area (Å²) < 4.78 is 44.4. The molecule has 0 spiro atoms. The van der Waals surface area contributed by atoms with Crippen molar-refractivity contribution in [3.63, 3.8) is 0 Å². The first-order chi connectivity index (χ1) is 4.35.